The molecule has 0 aromatic heterocycles. The van der Waals surface area contributed by atoms with Crippen molar-refractivity contribution in [3.05, 3.63) is 63.2 Å². The summed E-state index contributed by atoms with van der Waals surface area (Å²) >= 11 is 5.85. The number of nitrogens with zero attached hydrogens (tertiary/aromatic N) is 2. The molecule has 8 heteroatoms. The molecule has 3 N–H and O–H groups in total. The number of ether oxygens (including phenoxy) is 1. The van der Waals surface area contributed by atoms with Gasteiger partial charge < -0.3 is 15.7 Å². The van der Waals surface area contributed by atoms with E-state index < -0.39 is 4.92 Å². The summed E-state index contributed by atoms with van der Waals surface area (Å²) in [5.74, 6) is 0.00639. The summed E-state index contributed by atoms with van der Waals surface area (Å²) in [6.07, 6.45) is 0. The van der Waals surface area contributed by atoms with Crippen LogP contribution >= 0.6 is 11.6 Å². The highest BCUT2D eigenvalue weighted by atomic mass is 35.5. The van der Waals surface area contributed by atoms with Crippen molar-refractivity contribution >= 4 is 23.1 Å². The zero-order valence-electron chi connectivity index (χ0n) is 10.6. The molecule has 0 aliphatic heterocycles. The smallest absolute Gasteiger partial charge is 0.311 e. The third-order valence-corrected chi connectivity index (χ3v) is 2.84. The minimum atomic E-state index is -0.561. The minimum absolute atomic E-state index is 0.0387. The second-order valence-corrected chi connectivity index (χ2v) is 4.39. The predicted octanol–water partition coefficient (Wildman–Crippen LogP) is 3.14. The molecule has 0 amide bonds. The summed E-state index contributed by atoms with van der Waals surface area (Å²) in [5, 5.41) is 23.0. The van der Waals surface area contributed by atoms with Crippen LogP contribution in [-0.2, 0) is 0 Å². The molecule has 0 fully saturated rings. The van der Waals surface area contributed by atoms with E-state index in [1.165, 1.54) is 36.4 Å². The van der Waals surface area contributed by atoms with Crippen LogP contribution in [0.2, 0.25) is 5.02 Å². The summed E-state index contributed by atoms with van der Waals surface area (Å²) in [6.45, 7) is 0. The number of nitrogens with two attached hydrogens (primary N) is 1. The Kier molecular flexibility index (Phi) is 4.24. The van der Waals surface area contributed by atoms with Crippen LogP contribution in [0.3, 0.4) is 0 Å². The first-order chi connectivity index (χ1) is 10.0. The first-order valence-corrected chi connectivity index (χ1v) is 6.09. The van der Waals surface area contributed by atoms with Gasteiger partial charge in [0.15, 0.2) is 5.84 Å². The van der Waals surface area contributed by atoms with Gasteiger partial charge in [-0.25, -0.2) is 0 Å². The second-order valence-electron chi connectivity index (χ2n) is 3.95. The van der Waals surface area contributed by atoms with E-state index in [9.17, 15) is 10.1 Å². The van der Waals surface area contributed by atoms with Crippen LogP contribution in [0.25, 0.3) is 0 Å². The molecule has 0 aliphatic rings. The van der Waals surface area contributed by atoms with Crippen molar-refractivity contribution in [3.63, 3.8) is 0 Å². The van der Waals surface area contributed by atoms with Crippen molar-refractivity contribution in [2.24, 2.45) is 10.9 Å². The molecule has 2 aromatic carbocycles. The maximum atomic E-state index is 11.0. The molecule has 0 spiro atoms. The number of rotatable bonds is 4. The zero-order valence-corrected chi connectivity index (χ0v) is 11.3. The quantitative estimate of drug-likeness (QED) is 0.296. The molecule has 2 rings (SSSR count). The first-order valence-electron chi connectivity index (χ1n) is 5.71. The van der Waals surface area contributed by atoms with E-state index in [4.69, 9.17) is 27.3 Å². The van der Waals surface area contributed by atoms with Gasteiger partial charge in [-0.15, -0.1) is 0 Å². The molecule has 0 bridgehead atoms. The highest BCUT2D eigenvalue weighted by Crippen LogP contribution is 2.33. The van der Waals surface area contributed by atoms with Crippen LogP contribution in [0.15, 0.2) is 47.6 Å². The summed E-state index contributed by atoms with van der Waals surface area (Å²) < 4.78 is 5.51. The monoisotopic (exact) mass is 307 g/mol. The third kappa shape index (κ3) is 3.21. The van der Waals surface area contributed by atoms with Gasteiger partial charge in [0.2, 0.25) is 5.75 Å². The maximum absolute atomic E-state index is 11.0. The Hall–Kier alpha value is -2.80. The number of amidine groups is 1. The lowest BCUT2D eigenvalue weighted by Gasteiger charge is -2.10. The fourth-order valence-electron chi connectivity index (χ4n) is 1.66. The van der Waals surface area contributed by atoms with Gasteiger partial charge in [0.1, 0.15) is 5.75 Å². The van der Waals surface area contributed by atoms with Crippen molar-refractivity contribution in [2.45, 2.75) is 0 Å². The van der Waals surface area contributed by atoms with Gasteiger partial charge in [-0.3, -0.25) is 10.1 Å². The second kappa shape index (κ2) is 6.10. The molecule has 0 saturated carbocycles. The average molecular weight is 308 g/mol. The van der Waals surface area contributed by atoms with Crippen molar-refractivity contribution in [3.8, 4) is 11.5 Å². The Morgan fingerprint density at radius 3 is 2.67 bits per heavy atom. The Morgan fingerprint density at radius 1 is 1.29 bits per heavy atom. The molecule has 7 nitrogen and oxygen atoms in total. The van der Waals surface area contributed by atoms with Crippen LogP contribution in [0.4, 0.5) is 5.69 Å². The standard InChI is InChI=1S/C13H10ClN3O4/c14-8-5-6-11(9(7-8)13(15)16-18)21-12-4-2-1-3-10(12)17(19)20/h1-7,18H,(H2,15,16). The Balaban J connectivity index is 2.48. The van der Waals surface area contributed by atoms with Crippen molar-refractivity contribution in [1.82, 2.24) is 0 Å². The number of hydrogen-bond donors (Lipinski definition) is 2. The highest BCUT2D eigenvalue weighted by Gasteiger charge is 2.17. The summed E-state index contributed by atoms with van der Waals surface area (Å²) in [7, 11) is 0. The van der Waals surface area contributed by atoms with E-state index >= 15 is 0 Å². The molecule has 0 heterocycles. The maximum Gasteiger partial charge on any atom is 0.311 e. The largest absolute Gasteiger partial charge is 0.449 e. The van der Waals surface area contributed by atoms with Crippen LogP contribution in [-0.4, -0.2) is 16.0 Å². The highest BCUT2D eigenvalue weighted by molar-refractivity contribution is 6.31. The van der Waals surface area contributed by atoms with Gasteiger partial charge in [0.25, 0.3) is 0 Å². The number of para-hydroxylation sites is 2. The zero-order chi connectivity index (χ0) is 15.4. The number of oxime groups is 1. The summed E-state index contributed by atoms with van der Waals surface area (Å²) in [4.78, 5) is 10.4. The lowest BCUT2D eigenvalue weighted by Crippen LogP contribution is -2.14. The number of nitro groups is 1. The van der Waals surface area contributed by atoms with Crippen LogP contribution in [0, 0.1) is 10.1 Å². The van der Waals surface area contributed by atoms with Crippen molar-refractivity contribution < 1.29 is 14.9 Å². The van der Waals surface area contributed by atoms with Crippen molar-refractivity contribution in [1.29, 1.82) is 0 Å². The van der Waals surface area contributed by atoms with Gasteiger partial charge in [-0.05, 0) is 24.3 Å². The lowest BCUT2D eigenvalue weighted by molar-refractivity contribution is -0.385. The Labute approximate surface area is 124 Å². The van der Waals surface area contributed by atoms with E-state index in [1.807, 2.05) is 0 Å². The van der Waals surface area contributed by atoms with E-state index in [0.29, 0.717) is 5.02 Å². The molecule has 2 aromatic rings. The first kappa shape index (κ1) is 14.6. The van der Waals surface area contributed by atoms with Gasteiger partial charge in [0.05, 0.1) is 10.5 Å². The van der Waals surface area contributed by atoms with Crippen LogP contribution < -0.4 is 10.5 Å². The molecule has 0 radical (unpaired) electrons. The average Bonchev–Trinajstić information content (AvgIpc) is 2.48. The van der Waals surface area contributed by atoms with Crippen molar-refractivity contribution in [2.75, 3.05) is 0 Å². The molecule has 0 saturated heterocycles. The lowest BCUT2D eigenvalue weighted by atomic mass is 10.2. The van der Waals surface area contributed by atoms with Crippen LogP contribution in [0.5, 0.6) is 11.5 Å². The fourth-order valence-corrected chi connectivity index (χ4v) is 1.83. The number of hydrogen-bond acceptors (Lipinski definition) is 5. The Morgan fingerprint density at radius 2 is 2.00 bits per heavy atom. The molecule has 0 atom stereocenters. The normalized spacial score (nSPS) is 11.2. The minimum Gasteiger partial charge on any atom is -0.449 e. The van der Waals surface area contributed by atoms with Gasteiger partial charge in [0, 0.05) is 11.1 Å². The van der Waals surface area contributed by atoms with Gasteiger partial charge in [-0.1, -0.05) is 28.9 Å². The topological polar surface area (TPSA) is 111 Å². The summed E-state index contributed by atoms with van der Waals surface area (Å²) in [6, 6.07) is 10.3. The molecule has 0 aliphatic carbocycles. The Bertz CT molecular complexity index is 718. The van der Waals surface area contributed by atoms with Crippen LogP contribution in [0.1, 0.15) is 5.56 Å². The van der Waals surface area contributed by atoms with Gasteiger partial charge >= 0.3 is 5.69 Å². The van der Waals surface area contributed by atoms with E-state index in [0.717, 1.165) is 0 Å². The number of nitro benzene ring substituents is 1. The predicted molar refractivity (Wildman–Crippen MR) is 77.1 cm³/mol. The number of halogens is 1. The molecular formula is C13H10ClN3O4. The molecule has 108 valence electrons. The summed E-state index contributed by atoms with van der Waals surface area (Å²) in [5.41, 5.74) is 5.57. The molecule has 21 heavy (non-hydrogen) atoms. The SMILES string of the molecule is NC(=NO)c1cc(Cl)ccc1Oc1ccccc1[N+](=O)[O-]. The van der Waals surface area contributed by atoms with E-state index in [2.05, 4.69) is 5.16 Å². The van der Waals surface area contributed by atoms with E-state index in [1.54, 1.807) is 6.07 Å². The fraction of sp³-hybridized carbons (Fsp3) is 0. The molecular weight excluding hydrogens is 298 g/mol. The van der Waals surface area contributed by atoms with E-state index in [-0.39, 0.29) is 28.6 Å². The third-order valence-electron chi connectivity index (χ3n) is 2.61. The number of benzene rings is 2. The molecule has 0 unspecified atom stereocenters. The van der Waals surface area contributed by atoms with Gasteiger partial charge in [-0.2, -0.15) is 0 Å².